The van der Waals surface area contributed by atoms with Gasteiger partial charge in [-0.2, -0.15) is 5.10 Å². The average molecular weight is 467 g/mol. The Morgan fingerprint density at radius 1 is 1.37 bits per heavy atom. The van der Waals surface area contributed by atoms with Crippen molar-refractivity contribution in [2.45, 2.75) is 0 Å². The van der Waals surface area contributed by atoms with Crippen LogP contribution in [-0.4, -0.2) is 28.9 Å². The van der Waals surface area contributed by atoms with Crippen LogP contribution < -0.4 is 10.2 Å². The van der Waals surface area contributed by atoms with Crippen LogP contribution in [0.15, 0.2) is 57.4 Å². The van der Waals surface area contributed by atoms with Crippen molar-refractivity contribution < 1.29 is 14.6 Å². The second kappa shape index (κ2) is 8.98. The fourth-order valence-electron chi connectivity index (χ4n) is 2.19. The Balaban J connectivity index is 1.74. The van der Waals surface area contributed by atoms with E-state index in [0.29, 0.717) is 25.9 Å². The highest BCUT2D eigenvalue weighted by atomic mass is 79.9. The number of ether oxygens (including phenoxy) is 1. The van der Waals surface area contributed by atoms with E-state index in [1.165, 1.54) is 17.6 Å². The van der Waals surface area contributed by atoms with E-state index in [0.717, 1.165) is 11.3 Å². The molecule has 2 N–H and O–H groups in total. The Morgan fingerprint density at radius 2 is 2.15 bits per heavy atom. The van der Waals surface area contributed by atoms with Crippen molar-refractivity contribution in [1.29, 1.82) is 0 Å². The van der Waals surface area contributed by atoms with E-state index >= 15 is 0 Å². The SMILES string of the molecule is O=C(O)COc1c(Br)cc(Cl)cc1C=NNc1nc(-c2ccccc2)cs1. The summed E-state index contributed by atoms with van der Waals surface area (Å²) < 4.78 is 5.85. The molecule has 6 nitrogen and oxygen atoms in total. The van der Waals surface area contributed by atoms with E-state index in [-0.39, 0.29) is 0 Å². The lowest BCUT2D eigenvalue weighted by molar-refractivity contribution is -0.139. The quantitative estimate of drug-likeness (QED) is 0.372. The van der Waals surface area contributed by atoms with Gasteiger partial charge in [-0.15, -0.1) is 11.3 Å². The molecule has 138 valence electrons. The van der Waals surface area contributed by atoms with Gasteiger partial charge >= 0.3 is 5.97 Å². The first kappa shape index (κ1) is 19.3. The predicted molar refractivity (Wildman–Crippen MR) is 111 cm³/mol. The van der Waals surface area contributed by atoms with Crippen molar-refractivity contribution in [2.24, 2.45) is 5.10 Å². The predicted octanol–water partition coefficient (Wildman–Crippen LogP) is 5.14. The normalized spacial score (nSPS) is 10.9. The molecular formula is C18H13BrClN3O3S. The molecule has 0 saturated heterocycles. The van der Waals surface area contributed by atoms with Gasteiger partial charge in [0.05, 0.1) is 16.4 Å². The van der Waals surface area contributed by atoms with Crippen LogP contribution in [0.2, 0.25) is 5.02 Å². The summed E-state index contributed by atoms with van der Waals surface area (Å²) in [6, 6.07) is 13.1. The van der Waals surface area contributed by atoms with Crippen molar-refractivity contribution in [2.75, 3.05) is 12.0 Å². The van der Waals surface area contributed by atoms with Gasteiger partial charge in [0.1, 0.15) is 5.75 Å². The molecule has 0 aliphatic rings. The summed E-state index contributed by atoms with van der Waals surface area (Å²) in [6.07, 6.45) is 1.50. The Morgan fingerprint density at radius 3 is 2.89 bits per heavy atom. The van der Waals surface area contributed by atoms with Crippen LogP contribution in [0.3, 0.4) is 0 Å². The number of carboxylic acids is 1. The van der Waals surface area contributed by atoms with E-state index in [9.17, 15) is 4.79 Å². The fourth-order valence-corrected chi connectivity index (χ4v) is 3.80. The number of hydrogen-bond acceptors (Lipinski definition) is 6. The molecule has 3 aromatic rings. The summed E-state index contributed by atoms with van der Waals surface area (Å²) in [5.74, 6) is -0.731. The molecule has 1 aromatic heterocycles. The van der Waals surface area contributed by atoms with E-state index < -0.39 is 12.6 Å². The maximum Gasteiger partial charge on any atom is 0.341 e. The van der Waals surface area contributed by atoms with E-state index in [4.69, 9.17) is 21.4 Å². The first-order chi connectivity index (χ1) is 13.0. The van der Waals surface area contributed by atoms with Gasteiger partial charge in [0.15, 0.2) is 6.61 Å². The smallest absolute Gasteiger partial charge is 0.341 e. The number of aromatic nitrogens is 1. The van der Waals surface area contributed by atoms with Gasteiger partial charge in [-0.1, -0.05) is 41.9 Å². The monoisotopic (exact) mass is 465 g/mol. The molecule has 2 aromatic carbocycles. The molecule has 3 rings (SSSR count). The molecule has 0 bridgehead atoms. The number of hydrogen-bond donors (Lipinski definition) is 2. The maximum absolute atomic E-state index is 10.8. The number of thiazole rings is 1. The van der Waals surface area contributed by atoms with Crippen molar-refractivity contribution in [3.05, 3.63) is 62.9 Å². The number of nitrogens with zero attached hydrogens (tertiary/aromatic N) is 2. The second-order valence-electron chi connectivity index (χ2n) is 5.26. The summed E-state index contributed by atoms with van der Waals surface area (Å²) in [4.78, 5) is 15.2. The van der Waals surface area contributed by atoms with Crippen LogP contribution in [0.25, 0.3) is 11.3 Å². The zero-order chi connectivity index (χ0) is 19.2. The Hall–Kier alpha value is -2.42. The minimum Gasteiger partial charge on any atom is -0.480 e. The third kappa shape index (κ3) is 5.29. The van der Waals surface area contributed by atoms with Crippen LogP contribution >= 0.6 is 38.9 Å². The molecule has 1 heterocycles. The van der Waals surface area contributed by atoms with Gasteiger partial charge in [-0.3, -0.25) is 5.43 Å². The third-order valence-electron chi connectivity index (χ3n) is 3.31. The first-order valence-corrected chi connectivity index (χ1v) is 9.71. The lowest BCUT2D eigenvalue weighted by Gasteiger charge is -2.09. The van der Waals surface area contributed by atoms with Crippen LogP contribution in [-0.2, 0) is 4.79 Å². The molecule has 0 atom stereocenters. The number of carboxylic acid groups (broad SMARTS) is 1. The Labute approximate surface area is 172 Å². The molecule has 0 aliphatic carbocycles. The summed E-state index contributed by atoms with van der Waals surface area (Å²) in [7, 11) is 0. The number of aliphatic carboxylic acids is 1. The lowest BCUT2D eigenvalue weighted by atomic mass is 10.2. The number of rotatable bonds is 7. The van der Waals surface area contributed by atoms with E-state index in [2.05, 4.69) is 31.4 Å². The summed E-state index contributed by atoms with van der Waals surface area (Å²) in [5, 5.41) is 16.0. The molecule has 0 fully saturated rings. The molecule has 0 spiro atoms. The Bertz CT molecular complexity index is 979. The zero-order valence-corrected chi connectivity index (χ0v) is 16.9. The summed E-state index contributed by atoms with van der Waals surface area (Å²) >= 11 is 10.8. The minimum absolute atomic E-state index is 0.344. The minimum atomic E-state index is -1.07. The standard InChI is InChI=1S/C18H13BrClN3O3S/c19-14-7-13(20)6-12(17(14)26-9-16(24)25)8-21-23-18-22-15(10-27-18)11-4-2-1-3-5-11/h1-8,10H,9H2,(H,22,23)(H,24,25). The highest BCUT2D eigenvalue weighted by molar-refractivity contribution is 9.10. The van der Waals surface area contributed by atoms with E-state index in [1.807, 2.05) is 35.7 Å². The van der Waals surface area contributed by atoms with Crippen molar-refractivity contribution in [3.8, 4) is 17.0 Å². The highest BCUT2D eigenvalue weighted by Crippen LogP contribution is 2.32. The molecule has 0 radical (unpaired) electrons. The van der Waals surface area contributed by atoms with Crippen molar-refractivity contribution in [3.63, 3.8) is 0 Å². The number of carbonyl (C=O) groups is 1. The van der Waals surface area contributed by atoms with Gasteiger partial charge in [0.25, 0.3) is 0 Å². The number of nitrogens with one attached hydrogen (secondary N) is 1. The fraction of sp³-hybridized carbons (Fsp3) is 0.0556. The first-order valence-electron chi connectivity index (χ1n) is 7.66. The van der Waals surface area contributed by atoms with Crippen LogP contribution in [0.5, 0.6) is 5.75 Å². The van der Waals surface area contributed by atoms with Crippen LogP contribution in [0, 0.1) is 0 Å². The highest BCUT2D eigenvalue weighted by Gasteiger charge is 2.11. The third-order valence-corrected chi connectivity index (χ3v) is 4.87. The maximum atomic E-state index is 10.8. The number of benzene rings is 2. The molecule has 27 heavy (non-hydrogen) atoms. The molecule has 0 saturated carbocycles. The largest absolute Gasteiger partial charge is 0.480 e. The zero-order valence-electron chi connectivity index (χ0n) is 13.7. The van der Waals surface area contributed by atoms with Crippen molar-refractivity contribution >= 4 is 56.2 Å². The van der Waals surface area contributed by atoms with Gasteiger partial charge in [-0.05, 0) is 28.1 Å². The van der Waals surface area contributed by atoms with Gasteiger partial charge in [0.2, 0.25) is 5.13 Å². The van der Waals surface area contributed by atoms with Crippen LogP contribution in [0.4, 0.5) is 5.13 Å². The van der Waals surface area contributed by atoms with Gasteiger partial charge in [0, 0.05) is 21.5 Å². The molecule has 0 amide bonds. The van der Waals surface area contributed by atoms with Gasteiger partial charge in [-0.25, -0.2) is 9.78 Å². The molecule has 0 aliphatic heterocycles. The number of halogens is 2. The van der Waals surface area contributed by atoms with Crippen molar-refractivity contribution in [1.82, 2.24) is 4.98 Å². The number of hydrazone groups is 1. The van der Waals surface area contributed by atoms with Crippen LogP contribution in [0.1, 0.15) is 5.56 Å². The van der Waals surface area contributed by atoms with E-state index in [1.54, 1.807) is 12.1 Å². The lowest BCUT2D eigenvalue weighted by Crippen LogP contribution is -2.11. The number of anilines is 1. The molecule has 0 unspecified atom stereocenters. The molecular weight excluding hydrogens is 454 g/mol. The Kier molecular flexibility index (Phi) is 6.44. The average Bonchev–Trinajstić information content (AvgIpc) is 3.10. The summed E-state index contributed by atoms with van der Waals surface area (Å²) in [6.45, 7) is -0.471. The topological polar surface area (TPSA) is 83.8 Å². The molecule has 9 heteroatoms. The summed E-state index contributed by atoms with van der Waals surface area (Å²) in [5.41, 5.74) is 5.27. The van der Waals surface area contributed by atoms with Gasteiger partial charge < -0.3 is 9.84 Å². The second-order valence-corrected chi connectivity index (χ2v) is 7.41.